The predicted molar refractivity (Wildman–Crippen MR) is 56.3 cm³/mol. The van der Waals surface area contributed by atoms with Crippen LogP contribution in [0.4, 0.5) is 18.3 Å². The molecule has 8 heteroatoms. The first-order valence-corrected chi connectivity index (χ1v) is 5.62. The van der Waals surface area contributed by atoms with Gasteiger partial charge in [-0.25, -0.2) is 0 Å². The summed E-state index contributed by atoms with van der Waals surface area (Å²) in [6, 6.07) is 0.0408. The van der Waals surface area contributed by atoms with Gasteiger partial charge in [0.05, 0.1) is 0 Å². The average Bonchev–Trinajstić information content (AvgIpc) is 2.65. The van der Waals surface area contributed by atoms with Gasteiger partial charge in [-0.3, -0.25) is 0 Å². The molecule has 92 valence electrons. The van der Waals surface area contributed by atoms with Crippen molar-refractivity contribution in [3.05, 3.63) is 5.82 Å². The molecule has 0 fully saturated rings. The molecule has 0 aliphatic heterocycles. The van der Waals surface area contributed by atoms with Gasteiger partial charge in [0.2, 0.25) is 11.0 Å². The van der Waals surface area contributed by atoms with E-state index >= 15 is 0 Å². The molecular weight excluding hydrogens is 241 g/mol. The third kappa shape index (κ3) is 3.60. The Labute approximate surface area is 95.2 Å². The summed E-state index contributed by atoms with van der Waals surface area (Å²) in [4.78, 5) is 3.38. The van der Waals surface area contributed by atoms with Gasteiger partial charge in [0.15, 0.2) is 0 Å². The summed E-state index contributed by atoms with van der Waals surface area (Å²) in [6.45, 7) is 2.41. The van der Waals surface area contributed by atoms with Crippen molar-refractivity contribution in [1.29, 1.82) is 0 Å². The zero-order valence-electron chi connectivity index (χ0n) is 8.71. The van der Waals surface area contributed by atoms with Crippen LogP contribution in [0.2, 0.25) is 0 Å². The number of anilines is 1. The highest BCUT2D eigenvalue weighted by Gasteiger charge is 2.36. The lowest BCUT2D eigenvalue weighted by atomic mass is 10.1. The minimum atomic E-state index is -4.48. The van der Waals surface area contributed by atoms with E-state index in [-0.39, 0.29) is 11.2 Å². The largest absolute Gasteiger partial charge is 0.452 e. The molecule has 1 aromatic rings. The smallest absolute Gasteiger partial charge is 0.358 e. The van der Waals surface area contributed by atoms with Crippen LogP contribution < -0.4 is 11.1 Å². The van der Waals surface area contributed by atoms with Crippen LogP contribution in [0.25, 0.3) is 0 Å². The maximum absolute atomic E-state index is 12.2. The predicted octanol–water partition coefficient (Wildman–Crippen LogP) is 2.10. The second kappa shape index (κ2) is 5.44. The molecule has 0 saturated heterocycles. The molecule has 0 saturated carbocycles. The van der Waals surface area contributed by atoms with Crippen molar-refractivity contribution in [1.82, 2.24) is 9.36 Å². The van der Waals surface area contributed by atoms with Crippen LogP contribution in [0.1, 0.15) is 25.6 Å². The number of nitrogens with one attached hydrogen (secondary N) is 1. The number of aromatic nitrogens is 2. The van der Waals surface area contributed by atoms with Gasteiger partial charge in [-0.1, -0.05) is 6.92 Å². The number of hydrogen-bond acceptors (Lipinski definition) is 5. The van der Waals surface area contributed by atoms with Crippen molar-refractivity contribution in [2.45, 2.75) is 32.0 Å². The lowest BCUT2D eigenvalue weighted by molar-refractivity contribution is -0.144. The van der Waals surface area contributed by atoms with E-state index in [4.69, 9.17) is 5.73 Å². The first-order chi connectivity index (χ1) is 7.47. The average molecular weight is 254 g/mol. The fraction of sp³-hybridized carbons (Fsp3) is 0.750. The third-order valence-corrected chi connectivity index (χ3v) is 2.66. The van der Waals surface area contributed by atoms with E-state index in [1.807, 2.05) is 6.92 Å². The lowest BCUT2D eigenvalue weighted by Crippen LogP contribution is -2.22. The molecule has 1 aromatic heterocycles. The first kappa shape index (κ1) is 13.2. The quantitative estimate of drug-likeness (QED) is 0.844. The van der Waals surface area contributed by atoms with E-state index in [1.54, 1.807) is 0 Å². The van der Waals surface area contributed by atoms with Crippen LogP contribution in [0.15, 0.2) is 0 Å². The normalized spacial score (nSPS) is 13.8. The molecule has 0 spiro atoms. The van der Waals surface area contributed by atoms with Gasteiger partial charge in [0.1, 0.15) is 0 Å². The molecule has 0 amide bonds. The molecule has 1 heterocycles. The summed E-state index contributed by atoms with van der Waals surface area (Å²) in [6.07, 6.45) is -3.01. The Hall–Kier alpha value is -0.890. The molecular formula is C8H13F3N4S. The minimum absolute atomic E-state index is 0.0408. The standard InChI is InChI=1S/C8H13F3N4S/c1-2-5(3-4-12)13-7-14-6(15-16-7)8(9,10)11/h5H,2-4,12H2,1H3,(H,13,14,15). The summed E-state index contributed by atoms with van der Waals surface area (Å²) >= 11 is 0.713. The first-order valence-electron chi connectivity index (χ1n) is 4.84. The monoisotopic (exact) mass is 254 g/mol. The van der Waals surface area contributed by atoms with Crippen molar-refractivity contribution in [3.63, 3.8) is 0 Å². The maximum Gasteiger partial charge on any atom is 0.452 e. The van der Waals surface area contributed by atoms with Crippen molar-refractivity contribution >= 4 is 16.7 Å². The molecule has 3 N–H and O–H groups in total. The number of halogens is 3. The Morgan fingerprint density at radius 3 is 2.62 bits per heavy atom. The van der Waals surface area contributed by atoms with Crippen molar-refractivity contribution in [3.8, 4) is 0 Å². The molecule has 1 atom stereocenters. The van der Waals surface area contributed by atoms with Crippen LogP contribution >= 0.6 is 11.5 Å². The van der Waals surface area contributed by atoms with Gasteiger partial charge in [0.25, 0.3) is 0 Å². The van der Waals surface area contributed by atoms with Crippen LogP contribution in [0, 0.1) is 0 Å². The third-order valence-electron chi connectivity index (χ3n) is 2.02. The van der Waals surface area contributed by atoms with E-state index in [9.17, 15) is 13.2 Å². The molecule has 0 aromatic carbocycles. The fourth-order valence-electron chi connectivity index (χ4n) is 1.15. The summed E-state index contributed by atoms with van der Waals surface area (Å²) in [5, 5.41) is 3.07. The van der Waals surface area contributed by atoms with Gasteiger partial charge in [-0.2, -0.15) is 22.5 Å². The number of hydrogen-bond donors (Lipinski definition) is 2. The fourth-order valence-corrected chi connectivity index (χ4v) is 1.82. The highest BCUT2D eigenvalue weighted by molar-refractivity contribution is 7.09. The second-order valence-electron chi connectivity index (χ2n) is 3.25. The molecule has 1 rings (SSSR count). The number of alkyl halides is 3. The van der Waals surface area contributed by atoms with Gasteiger partial charge >= 0.3 is 6.18 Å². The molecule has 0 aliphatic carbocycles. The van der Waals surface area contributed by atoms with E-state index in [0.29, 0.717) is 24.5 Å². The van der Waals surface area contributed by atoms with Gasteiger partial charge in [0, 0.05) is 17.6 Å². The molecule has 1 unspecified atom stereocenters. The van der Waals surface area contributed by atoms with Gasteiger partial charge in [-0.05, 0) is 19.4 Å². The Balaban J connectivity index is 2.64. The summed E-state index contributed by atoms with van der Waals surface area (Å²) < 4.78 is 39.9. The van der Waals surface area contributed by atoms with Crippen molar-refractivity contribution < 1.29 is 13.2 Å². The summed E-state index contributed by atoms with van der Waals surface area (Å²) in [7, 11) is 0. The van der Waals surface area contributed by atoms with Crippen molar-refractivity contribution in [2.24, 2.45) is 5.73 Å². The zero-order valence-corrected chi connectivity index (χ0v) is 9.53. The second-order valence-corrected chi connectivity index (χ2v) is 4.00. The maximum atomic E-state index is 12.2. The zero-order chi connectivity index (χ0) is 12.2. The molecule has 16 heavy (non-hydrogen) atoms. The Morgan fingerprint density at radius 1 is 1.50 bits per heavy atom. The van der Waals surface area contributed by atoms with E-state index in [2.05, 4.69) is 14.7 Å². The number of nitrogens with zero attached hydrogens (tertiary/aromatic N) is 2. The minimum Gasteiger partial charge on any atom is -0.358 e. The lowest BCUT2D eigenvalue weighted by Gasteiger charge is -2.14. The van der Waals surface area contributed by atoms with E-state index in [1.165, 1.54) is 0 Å². The Kier molecular flexibility index (Phi) is 4.48. The van der Waals surface area contributed by atoms with Gasteiger partial charge < -0.3 is 11.1 Å². The number of nitrogens with two attached hydrogens (primary N) is 1. The summed E-state index contributed by atoms with van der Waals surface area (Å²) in [5.41, 5.74) is 5.38. The van der Waals surface area contributed by atoms with E-state index < -0.39 is 12.0 Å². The molecule has 0 bridgehead atoms. The van der Waals surface area contributed by atoms with Crippen LogP contribution in [-0.4, -0.2) is 21.9 Å². The van der Waals surface area contributed by atoms with Gasteiger partial charge in [-0.15, -0.1) is 0 Å². The Morgan fingerprint density at radius 2 is 2.19 bits per heavy atom. The van der Waals surface area contributed by atoms with Crippen LogP contribution in [0.5, 0.6) is 0 Å². The SMILES string of the molecule is CCC(CCN)Nc1nc(C(F)(F)F)ns1. The van der Waals surface area contributed by atoms with Crippen LogP contribution in [0.3, 0.4) is 0 Å². The highest BCUT2D eigenvalue weighted by atomic mass is 32.1. The highest BCUT2D eigenvalue weighted by Crippen LogP contribution is 2.29. The topological polar surface area (TPSA) is 63.8 Å². The molecule has 0 radical (unpaired) electrons. The van der Waals surface area contributed by atoms with Crippen LogP contribution in [-0.2, 0) is 6.18 Å². The van der Waals surface area contributed by atoms with Crippen molar-refractivity contribution in [2.75, 3.05) is 11.9 Å². The molecule has 0 aliphatic rings. The number of rotatable bonds is 5. The Bertz CT molecular complexity index is 325. The molecule has 4 nitrogen and oxygen atoms in total. The van der Waals surface area contributed by atoms with E-state index in [0.717, 1.165) is 6.42 Å². The summed E-state index contributed by atoms with van der Waals surface area (Å²) in [5.74, 6) is -1.09.